The fraction of sp³-hybridized carbons (Fsp3) is 0.308. The second kappa shape index (κ2) is 7.95. The van der Waals surface area contributed by atoms with Crippen LogP contribution in [0.3, 0.4) is 0 Å². The predicted octanol–water partition coefficient (Wildman–Crippen LogP) is 4.11. The highest BCUT2D eigenvalue weighted by molar-refractivity contribution is 5.89. The molecular formula is C13H12F3N3O4. The van der Waals surface area contributed by atoms with Gasteiger partial charge in [-0.15, -0.1) is 13.2 Å². The molecule has 0 saturated carbocycles. The zero-order valence-electron chi connectivity index (χ0n) is 12.1. The van der Waals surface area contributed by atoms with E-state index in [9.17, 15) is 18.0 Å². The molecule has 1 rings (SSSR count). The van der Waals surface area contributed by atoms with E-state index in [0.29, 0.717) is 0 Å². The van der Waals surface area contributed by atoms with Crippen LogP contribution in [-0.2, 0) is 9.53 Å². The Hall–Kier alpha value is -2.87. The van der Waals surface area contributed by atoms with E-state index in [2.05, 4.69) is 19.5 Å². The molecule has 0 aliphatic carbocycles. The molecule has 0 bridgehead atoms. The zero-order valence-corrected chi connectivity index (χ0v) is 12.1. The third-order valence-corrected chi connectivity index (χ3v) is 2.39. The smallest absolute Gasteiger partial charge is 0.492 e. The molecule has 0 aliphatic rings. The summed E-state index contributed by atoms with van der Waals surface area (Å²) < 4.78 is 50.4. The van der Waals surface area contributed by atoms with Crippen LogP contribution in [0.15, 0.2) is 23.3 Å². The average Bonchev–Trinajstić information content (AvgIpc) is 2.45. The number of hydrogen-bond donors (Lipinski definition) is 0. The SMILES string of the molecule is CCOC(=O)/C=C\c1ccc(OC(F)(F)F)c(OC)c1N=[N+]=[N-]. The number of azide groups is 1. The molecule has 0 saturated heterocycles. The van der Waals surface area contributed by atoms with Crippen molar-refractivity contribution in [1.29, 1.82) is 0 Å². The monoisotopic (exact) mass is 331 g/mol. The molecule has 23 heavy (non-hydrogen) atoms. The van der Waals surface area contributed by atoms with Gasteiger partial charge in [0.25, 0.3) is 0 Å². The fourth-order valence-corrected chi connectivity index (χ4v) is 1.60. The molecule has 1 aromatic carbocycles. The average molecular weight is 331 g/mol. The molecule has 7 nitrogen and oxygen atoms in total. The number of carbonyl (C=O) groups is 1. The number of halogens is 3. The topological polar surface area (TPSA) is 93.5 Å². The number of hydrogen-bond acceptors (Lipinski definition) is 5. The number of rotatable bonds is 6. The third-order valence-electron chi connectivity index (χ3n) is 2.39. The summed E-state index contributed by atoms with van der Waals surface area (Å²) in [6, 6.07) is 2.16. The van der Waals surface area contributed by atoms with E-state index in [-0.39, 0.29) is 17.9 Å². The van der Waals surface area contributed by atoms with Crippen LogP contribution >= 0.6 is 0 Å². The molecule has 0 aromatic heterocycles. The first kappa shape index (κ1) is 18.2. The predicted molar refractivity (Wildman–Crippen MR) is 74.2 cm³/mol. The maximum Gasteiger partial charge on any atom is 0.573 e. The highest BCUT2D eigenvalue weighted by Gasteiger charge is 2.33. The van der Waals surface area contributed by atoms with E-state index < -0.39 is 23.8 Å². The highest BCUT2D eigenvalue weighted by Crippen LogP contribution is 2.42. The lowest BCUT2D eigenvalue weighted by Gasteiger charge is -2.15. The van der Waals surface area contributed by atoms with Crippen molar-refractivity contribution >= 4 is 17.7 Å². The van der Waals surface area contributed by atoms with Crippen LogP contribution in [0.25, 0.3) is 16.5 Å². The molecule has 1 aromatic rings. The number of nitrogens with zero attached hydrogens (tertiary/aromatic N) is 3. The summed E-state index contributed by atoms with van der Waals surface area (Å²) in [5.41, 5.74) is 8.48. The van der Waals surface area contributed by atoms with Gasteiger partial charge in [-0.25, -0.2) is 4.79 Å². The van der Waals surface area contributed by atoms with E-state index in [1.807, 2.05) is 0 Å². The normalized spacial score (nSPS) is 11.0. The lowest BCUT2D eigenvalue weighted by Crippen LogP contribution is -2.17. The van der Waals surface area contributed by atoms with Gasteiger partial charge in [0.15, 0.2) is 11.5 Å². The van der Waals surface area contributed by atoms with Gasteiger partial charge in [0.05, 0.1) is 19.4 Å². The van der Waals surface area contributed by atoms with E-state index in [4.69, 9.17) is 10.3 Å². The first-order valence-electron chi connectivity index (χ1n) is 6.19. The van der Waals surface area contributed by atoms with Gasteiger partial charge in [0.2, 0.25) is 0 Å². The van der Waals surface area contributed by atoms with Crippen molar-refractivity contribution in [3.05, 3.63) is 34.2 Å². The Balaban J connectivity index is 3.33. The molecule has 0 atom stereocenters. The lowest BCUT2D eigenvalue weighted by molar-refractivity contribution is -0.275. The van der Waals surface area contributed by atoms with Crippen LogP contribution < -0.4 is 9.47 Å². The number of methoxy groups -OCH3 is 1. The van der Waals surface area contributed by atoms with Gasteiger partial charge >= 0.3 is 12.3 Å². The summed E-state index contributed by atoms with van der Waals surface area (Å²) in [5, 5.41) is 3.30. The summed E-state index contributed by atoms with van der Waals surface area (Å²) in [6.45, 7) is 1.78. The molecule has 0 N–H and O–H groups in total. The molecule has 0 amide bonds. The van der Waals surface area contributed by atoms with Crippen molar-refractivity contribution in [3.8, 4) is 11.5 Å². The van der Waals surface area contributed by atoms with Crippen molar-refractivity contribution in [1.82, 2.24) is 0 Å². The first-order chi connectivity index (χ1) is 10.8. The standard InChI is InChI=1S/C13H12F3N3O4/c1-3-22-10(20)7-5-8-4-6-9(23-13(14,15)16)12(21-2)11(8)18-19-17/h4-7H,3H2,1-2H3/b7-5-. The third kappa shape index (κ3) is 5.44. The molecule has 0 radical (unpaired) electrons. The second-order valence-electron chi connectivity index (χ2n) is 3.86. The van der Waals surface area contributed by atoms with E-state index >= 15 is 0 Å². The van der Waals surface area contributed by atoms with Gasteiger partial charge in [-0.3, -0.25) is 0 Å². The van der Waals surface area contributed by atoms with Gasteiger partial charge in [-0.1, -0.05) is 11.2 Å². The Kier molecular flexibility index (Phi) is 6.28. The van der Waals surface area contributed by atoms with Crippen molar-refractivity contribution in [3.63, 3.8) is 0 Å². The maximum absolute atomic E-state index is 12.4. The Morgan fingerprint density at radius 2 is 2.13 bits per heavy atom. The molecule has 10 heteroatoms. The molecule has 0 spiro atoms. The zero-order chi connectivity index (χ0) is 17.5. The Labute approximate surface area is 128 Å². The van der Waals surface area contributed by atoms with E-state index in [1.54, 1.807) is 6.92 Å². The lowest BCUT2D eigenvalue weighted by atomic mass is 10.1. The summed E-state index contributed by atoms with van der Waals surface area (Å²) in [5.74, 6) is -1.74. The molecule has 0 unspecified atom stereocenters. The molecule has 0 aliphatic heterocycles. The Bertz CT molecular complexity index is 653. The van der Waals surface area contributed by atoms with Crippen LogP contribution in [0.4, 0.5) is 18.9 Å². The van der Waals surface area contributed by atoms with E-state index in [1.165, 1.54) is 12.1 Å². The number of ether oxygens (including phenoxy) is 3. The quantitative estimate of drug-likeness (QED) is 0.258. The van der Waals surface area contributed by atoms with Crippen LogP contribution in [0.1, 0.15) is 12.5 Å². The largest absolute Gasteiger partial charge is 0.573 e. The van der Waals surface area contributed by atoms with Gasteiger partial charge in [-0.2, -0.15) is 0 Å². The van der Waals surface area contributed by atoms with Gasteiger partial charge in [-0.05, 0) is 30.2 Å². The molecule has 0 fully saturated rings. The van der Waals surface area contributed by atoms with Crippen LogP contribution in [0, 0.1) is 0 Å². The maximum atomic E-state index is 12.4. The van der Waals surface area contributed by atoms with Gasteiger partial charge in [0.1, 0.15) is 0 Å². The van der Waals surface area contributed by atoms with Crippen molar-refractivity contribution in [2.45, 2.75) is 13.3 Å². The van der Waals surface area contributed by atoms with Crippen LogP contribution in [0.2, 0.25) is 0 Å². The second-order valence-corrected chi connectivity index (χ2v) is 3.86. The number of alkyl halides is 3. The summed E-state index contributed by atoms with van der Waals surface area (Å²) in [6.07, 6.45) is -2.68. The van der Waals surface area contributed by atoms with Crippen molar-refractivity contribution < 1.29 is 32.2 Å². The molecular weight excluding hydrogens is 319 g/mol. The minimum Gasteiger partial charge on any atom is -0.492 e. The minimum absolute atomic E-state index is 0.155. The summed E-state index contributed by atoms with van der Waals surface area (Å²) in [7, 11) is 1.09. The van der Waals surface area contributed by atoms with Crippen LogP contribution in [-0.4, -0.2) is 26.0 Å². The molecule has 0 heterocycles. The highest BCUT2D eigenvalue weighted by atomic mass is 19.4. The fourth-order valence-electron chi connectivity index (χ4n) is 1.60. The first-order valence-corrected chi connectivity index (χ1v) is 6.19. The van der Waals surface area contributed by atoms with Gasteiger partial charge < -0.3 is 14.2 Å². The number of esters is 1. The Morgan fingerprint density at radius 1 is 1.43 bits per heavy atom. The van der Waals surface area contributed by atoms with Crippen molar-refractivity contribution in [2.24, 2.45) is 5.11 Å². The van der Waals surface area contributed by atoms with E-state index in [0.717, 1.165) is 19.3 Å². The number of carbonyl (C=O) groups excluding carboxylic acids is 1. The summed E-state index contributed by atoms with van der Waals surface area (Å²) >= 11 is 0. The minimum atomic E-state index is -4.94. The van der Waals surface area contributed by atoms with Crippen LogP contribution in [0.5, 0.6) is 11.5 Å². The summed E-state index contributed by atoms with van der Waals surface area (Å²) in [4.78, 5) is 13.8. The number of benzene rings is 1. The van der Waals surface area contributed by atoms with Gasteiger partial charge in [0, 0.05) is 11.0 Å². The molecule has 124 valence electrons. The Morgan fingerprint density at radius 3 is 2.65 bits per heavy atom. The van der Waals surface area contributed by atoms with Crippen molar-refractivity contribution in [2.75, 3.05) is 13.7 Å².